The fraction of sp³-hybridized carbons (Fsp3) is 0.200. The van der Waals surface area contributed by atoms with Crippen LogP contribution in [0.4, 0.5) is 8.78 Å². The summed E-state index contributed by atoms with van der Waals surface area (Å²) < 4.78 is 26.5. The molecule has 0 heterocycles. The van der Waals surface area contributed by atoms with E-state index in [0.717, 1.165) is 11.1 Å². The van der Waals surface area contributed by atoms with Crippen LogP contribution >= 0.6 is 0 Å². The van der Waals surface area contributed by atoms with Crippen LogP contribution in [0.2, 0.25) is 0 Å². The summed E-state index contributed by atoms with van der Waals surface area (Å²) in [6, 6.07) is 8.93. The van der Waals surface area contributed by atoms with Crippen LogP contribution < -0.4 is 5.73 Å². The Labute approximate surface area is 105 Å². The number of hydrogen-bond acceptors (Lipinski definition) is 1. The molecule has 0 saturated heterocycles. The van der Waals surface area contributed by atoms with Crippen LogP contribution in [-0.2, 0) is 0 Å². The van der Waals surface area contributed by atoms with Crippen molar-refractivity contribution in [2.24, 2.45) is 5.73 Å². The van der Waals surface area contributed by atoms with Gasteiger partial charge in [0.25, 0.3) is 0 Å². The van der Waals surface area contributed by atoms with E-state index in [2.05, 4.69) is 0 Å². The average molecular weight is 247 g/mol. The number of aryl methyl sites for hydroxylation is 2. The molecule has 0 aliphatic rings. The highest BCUT2D eigenvalue weighted by molar-refractivity contribution is 5.37. The van der Waals surface area contributed by atoms with Gasteiger partial charge in [-0.25, -0.2) is 8.78 Å². The molecule has 0 fully saturated rings. The van der Waals surface area contributed by atoms with E-state index in [0.29, 0.717) is 11.1 Å². The van der Waals surface area contributed by atoms with Gasteiger partial charge in [-0.1, -0.05) is 18.2 Å². The summed E-state index contributed by atoms with van der Waals surface area (Å²) in [5, 5.41) is 0. The first-order valence-electron chi connectivity index (χ1n) is 5.76. The summed E-state index contributed by atoms with van der Waals surface area (Å²) in [5.74, 6) is -0.568. The Hall–Kier alpha value is -1.74. The van der Waals surface area contributed by atoms with E-state index in [9.17, 15) is 8.78 Å². The number of halogens is 2. The van der Waals surface area contributed by atoms with Gasteiger partial charge in [0, 0.05) is 0 Å². The molecule has 1 atom stereocenters. The summed E-state index contributed by atoms with van der Waals surface area (Å²) in [5.41, 5.74) is 8.94. The Morgan fingerprint density at radius 1 is 0.944 bits per heavy atom. The highest BCUT2D eigenvalue weighted by Crippen LogP contribution is 2.24. The van der Waals surface area contributed by atoms with E-state index in [1.807, 2.05) is 0 Å². The summed E-state index contributed by atoms with van der Waals surface area (Å²) in [7, 11) is 0. The van der Waals surface area contributed by atoms with Crippen LogP contribution in [0.3, 0.4) is 0 Å². The van der Waals surface area contributed by atoms with Crippen molar-refractivity contribution in [2.75, 3.05) is 0 Å². The van der Waals surface area contributed by atoms with Crippen molar-refractivity contribution in [3.8, 4) is 0 Å². The second-order valence-electron chi connectivity index (χ2n) is 4.49. The maximum Gasteiger partial charge on any atom is 0.126 e. The highest BCUT2D eigenvalue weighted by Gasteiger charge is 2.13. The zero-order chi connectivity index (χ0) is 13.3. The van der Waals surface area contributed by atoms with Crippen LogP contribution in [0.5, 0.6) is 0 Å². The first-order valence-corrected chi connectivity index (χ1v) is 5.76. The molecule has 3 heteroatoms. The molecule has 0 radical (unpaired) electrons. The minimum atomic E-state index is -0.444. The van der Waals surface area contributed by atoms with Gasteiger partial charge in [-0.15, -0.1) is 0 Å². The second kappa shape index (κ2) is 4.86. The van der Waals surface area contributed by atoms with Gasteiger partial charge in [0.2, 0.25) is 0 Å². The zero-order valence-electron chi connectivity index (χ0n) is 10.4. The van der Waals surface area contributed by atoms with Crippen LogP contribution in [0, 0.1) is 25.5 Å². The first kappa shape index (κ1) is 12.7. The maximum absolute atomic E-state index is 13.5. The molecule has 0 saturated carbocycles. The molecule has 1 unspecified atom stereocenters. The normalized spacial score (nSPS) is 12.5. The third-order valence-corrected chi connectivity index (χ3v) is 3.12. The molecule has 0 spiro atoms. The van der Waals surface area contributed by atoms with Gasteiger partial charge in [-0.2, -0.15) is 0 Å². The average Bonchev–Trinajstić information content (AvgIpc) is 2.32. The Balaban J connectivity index is 2.41. The minimum Gasteiger partial charge on any atom is -0.320 e. The van der Waals surface area contributed by atoms with Gasteiger partial charge in [0.1, 0.15) is 11.6 Å². The SMILES string of the molecule is Cc1ccc(C(N)c2ccc(F)cc2C)cc1F. The van der Waals surface area contributed by atoms with Crippen molar-refractivity contribution >= 4 is 0 Å². The summed E-state index contributed by atoms with van der Waals surface area (Å²) in [4.78, 5) is 0. The standard InChI is InChI=1S/C15H15F2N/c1-9-3-4-11(8-14(9)17)15(18)13-6-5-12(16)7-10(13)2/h3-8,15H,18H2,1-2H3. The molecule has 1 nitrogen and oxygen atoms in total. The lowest BCUT2D eigenvalue weighted by atomic mass is 9.95. The molecule has 2 N–H and O–H groups in total. The predicted octanol–water partition coefficient (Wildman–Crippen LogP) is 3.63. The summed E-state index contributed by atoms with van der Waals surface area (Å²) in [6.07, 6.45) is 0. The Morgan fingerprint density at radius 2 is 1.67 bits per heavy atom. The van der Waals surface area contributed by atoms with Gasteiger partial charge < -0.3 is 5.73 Å². The molecule has 0 aromatic heterocycles. The van der Waals surface area contributed by atoms with Crippen molar-refractivity contribution in [1.29, 1.82) is 0 Å². The Kier molecular flexibility index (Phi) is 3.43. The van der Waals surface area contributed by atoms with E-state index in [1.165, 1.54) is 18.2 Å². The molecule has 0 aliphatic heterocycles. The van der Waals surface area contributed by atoms with E-state index in [1.54, 1.807) is 32.0 Å². The van der Waals surface area contributed by atoms with Crippen molar-refractivity contribution in [3.63, 3.8) is 0 Å². The Bertz CT molecular complexity index is 579. The van der Waals surface area contributed by atoms with Crippen LogP contribution in [-0.4, -0.2) is 0 Å². The van der Waals surface area contributed by atoms with Gasteiger partial charge >= 0.3 is 0 Å². The lowest BCUT2D eigenvalue weighted by Gasteiger charge is -2.15. The third kappa shape index (κ3) is 2.41. The summed E-state index contributed by atoms with van der Waals surface area (Å²) >= 11 is 0. The molecule has 2 rings (SSSR count). The van der Waals surface area contributed by atoms with E-state index >= 15 is 0 Å². The van der Waals surface area contributed by atoms with Crippen LogP contribution in [0.15, 0.2) is 36.4 Å². The zero-order valence-corrected chi connectivity index (χ0v) is 10.4. The topological polar surface area (TPSA) is 26.0 Å². The van der Waals surface area contributed by atoms with Crippen LogP contribution in [0.1, 0.15) is 28.3 Å². The molecular formula is C15H15F2N. The lowest BCUT2D eigenvalue weighted by molar-refractivity contribution is 0.613. The van der Waals surface area contributed by atoms with E-state index < -0.39 is 6.04 Å². The van der Waals surface area contributed by atoms with E-state index in [4.69, 9.17) is 5.73 Å². The first-order chi connectivity index (χ1) is 8.49. The molecule has 18 heavy (non-hydrogen) atoms. The number of hydrogen-bond donors (Lipinski definition) is 1. The fourth-order valence-corrected chi connectivity index (χ4v) is 1.97. The van der Waals surface area contributed by atoms with Gasteiger partial charge in [0.05, 0.1) is 6.04 Å². The molecule has 94 valence electrons. The lowest BCUT2D eigenvalue weighted by Crippen LogP contribution is -2.13. The number of benzene rings is 2. The van der Waals surface area contributed by atoms with Gasteiger partial charge in [-0.3, -0.25) is 0 Å². The molecule has 2 aromatic rings. The minimum absolute atomic E-state index is 0.275. The smallest absolute Gasteiger partial charge is 0.126 e. The van der Waals surface area contributed by atoms with Gasteiger partial charge in [-0.05, 0) is 54.3 Å². The monoisotopic (exact) mass is 247 g/mol. The van der Waals surface area contributed by atoms with Crippen molar-refractivity contribution in [3.05, 3.63) is 70.3 Å². The molecule has 0 aliphatic carbocycles. The number of rotatable bonds is 2. The highest BCUT2D eigenvalue weighted by atomic mass is 19.1. The molecular weight excluding hydrogens is 232 g/mol. The number of nitrogens with two attached hydrogens (primary N) is 1. The van der Waals surface area contributed by atoms with Gasteiger partial charge in [0.15, 0.2) is 0 Å². The van der Waals surface area contributed by atoms with E-state index in [-0.39, 0.29) is 11.6 Å². The third-order valence-electron chi connectivity index (χ3n) is 3.12. The quantitative estimate of drug-likeness (QED) is 0.861. The predicted molar refractivity (Wildman–Crippen MR) is 68.3 cm³/mol. The largest absolute Gasteiger partial charge is 0.320 e. The molecule has 0 bridgehead atoms. The molecule has 0 amide bonds. The van der Waals surface area contributed by atoms with Crippen molar-refractivity contribution < 1.29 is 8.78 Å². The summed E-state index contributed by atoms with van der Waals surface area (Å²) in [6.45, 7) is 3.50. The second-order valence-corrected chi connectivity index (χ2v) is 4.49. The van der Waals surface area contributed by atoms with Crippen molar-refractivity contribution in [2.45, 2.75) is 19.9 Å². The Morgan fingerprint density at radius 3 is 2.28 bits per heavy atom. The van der Waals surface area contributed by atoms with Crippen LogP contribution in [0.25, 0.3) is 0 Å². The fourth-order valence-electron chi connectivity index (χ4n) is 1.97. The maximum atomic E-state index is 13.5. The molecule has 2 aromatic carbocycles. The van der Waals surface area contributed by atoms with Crippen molar-refractivity contribution in [1.82, 2.24) is 0 Å².